The van der Waals surface area contributed by atoms with Gasteiger partial charge in [0.25, 0.3) is 0 Å². The van der Waals surface area contributed by atoms with E-state index >= 15 is 0 Å². The lowest BCUT2D eigenvalue weighted by atomic mass is 9.85. The zero-order chi connectivity index (χ0) is 14.5. The summed E-state index contributed by atoms with van der Waals surface area (Å²) >= 11 is 0. The predicted molar refractivity (Wildman–Crippen MR) is 64.8 cm³/mol. The van der Waals surface area contributed by atoms with E-state index < -0.39 is 18.8 Å². The third-order valence-electron chi connectivity index (χ3n) is 3.11. The summed E-state index contributed by atoms with van der Waals surface area (Å²) in [5.74, 6) is 0.563. The Bertz CT molecular complexity index is 293. The number of hydrogen-bond acceptors (Lipinski definition) is 2. The van der Waals surface area contributed by atoms with Crippen molar-refractivity contribution in [1.29, 1.82) is 0 Å². The van der Waals surface area contributed by atoms with Gasteiger partial charge in [-0.15, -0.1) is 0 Å². The van der Waals surface area contributed by atoms with E-state index in [1.54, 1.807) is 18.9 Å². The van der Waals surface area contributed by atoms with Crippen LogP contribution in [0.3, 0.4) is 0 Å². The first kappa shape index (κ1) is 16.1. The minimum Gasteiger partial charge on any atom is -0.370 e. The molecule has 0 aromatic heterocycles. The monoisotopic (exact) mass is 282 g/mol. The zero-order valence-electron chi connectivity index (χ0n) is 11.3. The van der Waals surface area contributed by atoms with Crippen molar-refractivity contribution in [3.63, 3.8) is 0 Å². The highest BCUT2D eigenvalue weighted by Gasteiger charge is 2.28. The van der Waals surface area contributed by atoms with Gasteiger partial charge in [0, 0.05) is 13.6 Å². The van der Waals surface area contributed by atoms with Crippen LogP contribution in [0.5, 0.6) is 0 Å². The lowest BCUT2D eigenvalue weighted by Gasteiger charge is -2.30. The predicted octanol–water partition coefficient (Wildman–Crippen LogP) is 2.40. The highest BCUT2D eigenvalue weighted by atomic mass is 19.4. The van der Waals surface area contributed by atoms with Gasteiger partial charge in [-0.05, 0) is 25.7 Å². The van der Waals surface area contributed by atoms with Gasteiger partial charge in [0.1, 0.15) is 6.61 Å². The molecule has 19 heavy (non-hydrogen) atoms. The van der Waals surface area contributed by atoms with Crippen LogP contribution >= 0.6 is 0 Å². The highest BCUT2D eigenvalue weighted by Crippen LogP contribution is 2.26. The molecule has 0 saturated heterocycles. The fraction of sp³-hybridized carbons (Fsp3) is 0.917. The molecule has 0 radical (unpaired) electrons. The first-order valence-corrected chi connectivity index (χ1v) is 6.44. The molecule has 1 aliphatic rings. The van der Waals surface area contributed by atoms with Gasteiger partial charge in [-0.3, -0.25) is 0 Å². The summed E-state index contributed by atoms with van der Waals surface area (Å²) in [5.41, 5.74) is 0. The van der Waals surface area contributed by atoms with Gasteiger partial charge in [-0.25, -0.2) is 4.79 Å². The molecule has 4 nitrogen and oxygen atoms in total. The van der Waals surface area contributed by atoms with Crippen molar-refractivity contribution in [1.82, 2.24) is 10.2 Å². The Kier molecular flexibility index (Phi) is 5.90. The number of alkyl halides is 3. The highest BCUT2D eigenvalue weighted by molar-refractivity contribution is 5.74. The number of urea groups is 1. The van der Waals surface area contributed by atoms with Crippen LogP contribution in [-0.4, -0.2) is 50.0 Å². The fourth-order valence-electron chi connectivity index (χ4n) is 1.86. The zero-order valence-corrected chi connectivity index (χ0v) is 11.3. The molecule has 112 valence electrons. The van der Waals surface area contributed by atoms with Gasteiger partial charge in [0.2, 0.25) is 0 Å². The Hall–Kier alpha value is -0.980. The minimum atomic E-state index is -4.33. The average Bonchev–Trinajstić information content (AvgIpc) is 2.20. The number of rotatable bonds is 6. The molecule has 0 aliphatic heterocycles. The fourth-order valence-corrected chi connectivity index (χ4v) is 1.86. The molecular formula is C12H21F3N2O2. The van der Waals surface area contributed by atoms with Crippen molar-refractivity contribution < 1.29 is 22.7 Å². The van der Waals surface area contributed by atoms with E-state index in [2.05, 4.69) is 10.1 Å². The molecule has 0 aromatic rings. The van der Waals surface area contributed by atoms with E-state index in [0.29, 0.717) is 12.5 Å². The second kappa shape index (κ2) is 6.98. The van der Waals surface area contributed by atoms with Gasteiger partial charge in [-0.1, -0.05) is 6.42 Å². The Labute approximate surface area is 111 Å². The SMILES string of the molecule is C[C@H](COCC(F)(F)F)NC(=O)N(C)CC1CCC1. The first-order valence-electron chi connectivity index (χ1n) is 6.44. The summed E-state index contributed by atoms with van der Waals surface area (Å²) in [6.45, 7) is 0.876. The smallest absolute Gasteiger partial charge is 0.370 e. The van der Waals surface area contributed by atoms with E-state index in [0.717, 1.165) is 12.8 Å². The third-order valence-corrected chi connectivity index (χ3v) is 3.11. The first-order chi connectivity index (χ1) is 8.78. The maximum Gasteiger partial charge on any atom is 0.411 e. The normalized spacial score (nSPS) is 17.7. The third kappa shape index (κ3) is 6.66. The molecule has 0 aromatic carbocycles. The molecule has 1 N–H and O–H groups in total. The molecule has 0 bridgehead atoms. The maximum absolute atomic E-state index is 11.9. The summed E-state index contributed by atoms with van der Waals surface area (Å²) in [6, 6.07) is -0.714. The number of halogens is 3. The van der Waals surface area contributed by atoms with Crippen LogP contribution in [0, 0.1) is 5.92 Å². The molecule has 7 heteroatoms. The van der Waals surface area contributed by atoms with Crippen molar-refractivity contribution in [2.24, 2.45) is 5.92 Å². The Morgan fingerprint density at radius 3 is 2.58 bits per heavy atom. The van der Waals surface area contributed by atoms with Crippen LogP contribution in [0.25, 0.3) is 0 Å². The van der Waals surface area contributed by atoms with Crippen molar-refractivity contribution in [3.05, 3.63) is 0 Å². The largest absolute Gasteiger partial charge is 0.411 e. The van der Waals surface area contributed by atoms with Gasteiger partial charge in [-0.2, -0.15) is 13.2 Å². The Morgan fingerprint density at radius 1 is 1.47 bits per heavy atom. The summed E-state index contributed by atoms with van der Waals surface area (Å²) < 4.78 is 40.1. The minimum absolute atomic E-state index is 0.150. The van der Waals surface area contributed by atoms with E-state index in [1.807, 2.05) is 0 Å². The summed E-state index contributed by atoms with van der Waals surface area (Å²) in [5, 5.41) is 2.61. The van der Waals surface area contributed by atoms with E-state index in [1.165, 1.54) is 6.42 Å². The van der Waals surface area contributed by atoms with Crippen LogP contribution in [-0.2, 0) is 4.74 Å². The van der Waals surface area contributed by atoms with Crippen molar-refractivity contribution in [2.75, 3.05) is 26.8 Å². The number of nitrogens with zero attached hydrogens (tertiary/aromatic N) is 1. The van der Waals surface area contributed by atoms with Gasteiger partial charge >= 0.3 is 12.2 Å². The summed E-state index contributed by atoms with van der Waals surface area (Å²) in [7, 11) is 1.69. The molecule has 1 rings (SSSR count). The van der Waals surface area contributed by atoms with Crippen molar-refractivity contribution in [2.45, 2.75) is 38.4 Å². The van der Waals surface area contributed by atoms with Crippen LogP contribution in [0.2, 0.25) is 0 Å². The Balaban J connectivity index is 2.15. The van der Waals surface area contributed by atoms with Crippen LogP contribution < -0.4 is 5.32 Å². The number of carbonyl (C=O) groups excluding carboxylic acids is 1. The van der Waals surface area contributed by atoms with E-state index in [4.69, 9.17) is 0 Å². The van der Waals surface area contributed by atoms with Gasteiger partial charge in [0.15, 0.2) is 0 Å². The number of amides is 2. The molecule has 0 spiro atoms. The molecule has 1 atom stereocenters. The molecular weight excluding hydrogens is 261 g/mol. The number of ether oxygens (including phenoxy) is 1. The lowest BCUT2D eigenvalue weighted by molar-refractivity contribution is -0.174. The van der Waals surface area contributed by atoms with Crippen molar-refractivity contribution in [3.8, 4) is 0 Å². The summed E-state index contributed by atoms with van der Waals surface area (Å²) in [6.07, 6.45) is -0.837. The average molecular weight is 282 g/mol. The molecule has 0 unspecified atom stereocenters. The number of nitrogens with one attached hydrogen (secondary N) is 1. The lowest BCUT2D eigenvalue weighted by Crippen LogP contribution is -2.46. The molecule has 1 aliphatic carbocycles. The second-order valence-corrected chi connectivity index (χ2v) is 5.16. The molecule has 1 fully saturated rings. The molecule has 0 heterocycles. The van der Waals surface area contributed by atoms with Gasteiger partial charge in [0.05, 0.1) is 12.6 Å². The number of hydrogen-bond donors (Lipinski definition) is 1. The maximum atomic E-state index is 11.9. The topological polar surface area (TPSA) is 41.6 Å². The van der Waals surface area contributed by atoms with Crippen LogP contribution in [0.4, 0.5) is 18.0 Å². The molecule has 1 saturated carbocycles. The molecule has 2 amide bonds. The Morgan fingerprint density at radius 2 is 2.11 bits per heavy atom. The van der Waals surface area contributed by atoms with E-state index in [-0.39, 0.29) is 12.6 Å². The van der Waals surface area contributed by atoms with Crippen LogP contribution in [0.1, 0.15) is 26.2 Å². The van der Waals surface area contributed by atoms with Crippen LogP contribution in [0.15, 0.2) is 0 Å². The quantitative estimate of drug-likeness (QED) is 0.812. The summed E-state index contributed by atoms with van der Waals surface area (Å²) in [4.78, 5) is 13.3. The van der Waals surface area contributed by atoms with E-state index in [9.17, 15) is 18.0 Å². The standard InChI is InChI=1S/C12H21F3N2O2/c1-9(7-19-8-12(13,14)15)16-11(18)17(2)6-10-4-3-5-10/h9-10H,3-8H2,1-2H3,(H,16,18)/t9-/m1/s1. The number of carbonyl (C=O) groups is 1. The van der Waals surface area contributed by atoms with Gasteiger partial charge < -0.3 is 15.0 Å². The second-order valence-electron chi connectivity index (χ2n) is 5.16. The van der Waals surface area contributed by atoms with Crippen molar-refractivity contribution >= 4 is 6.03 Å².